The Morgan fingerprint density at radius 3 is 2.30 bits per heavy atom. The van der Waals surface area contributed by atoms with E-state index in [4.69, 9.17) is 15.0 Å². The number of hydrogen-bond donors (Lipinski definition) is 1. The highest BCUT2D eigenvalue weighted by atomic mass is 16.7. The Bertz CT molecular complexity index is 548. The Morgan fingerprint density at radius 2 is 1.85 bits per heavy atom. The van der Waals surface area contributed by atoms with E-state index in [9.17, 15) is 5.26 Å². The molecule has 1 aromatic rings. The normalized spacial score (nSPS) is 21.6. The average molecular weight is 273 g/mol. The minimum atomic E-state index is -0.531. The van der Waals surface area contributed by atoms with Gasteiger partial charge in [-0.2, -0.15) is 5.26 Å². The fraction of sp³-hybridized carbons (Fsp3) is 0.571. The Balaban J connectivity index is 2.48. The predicted molar refractivity (Wildman–Crippen MR) is 77.3 cm³/mol. The molecule has 0 radical (unpaired) electrons. The van der Waals surface area contributed by atoms with Crippen molar-refractivity contribution in [1.29, 1.82) is 5.26 Å². The van der Waals surface area contributed by atoms with Gasteiger partial charge in [-0.05, 0) is 46.1 Å². The first-order chi connectivity index (χ1) is 9.19. The van der Waals surface area contributed by atoms with Crippen LogP contribution in [0.1, 0.15) is 51.9 Å². The third-order valence-corrected chi connectivity index (χ3v) is 4.09. The van der Waals surface area contributed by atoms with Gasteiger partial charge in [-0.1, -0.05) is 0 Å². The lowest BCUT2D eigenvalue weighted by molar-refractivity contribution is 0.00578. The zero-order valence-electron chi connectivity index (χ0n) is 12.6. The summed E-state index contributed by atoms with van der Waals surface area (Å²) in [5.74, 6) is 0. The monoisotopic (exact) mass is 273 g/mol. The van der Waals surface area contributed by atoms with Crippen molar-refractivity contribution >= 4 is 12.6 Å². The van der Waals surface area contributed by atoms with Gasteiger partial charge in [0.2, 0.25) is 0 Å². The van der Waals surface area contributed by atoms with Crippen molar-refractivity contribution in [2.75, 3.05) is 0 Å². The minimum absolute atomic E-state index is 0.313. The van der Waals surface area contributed by atoms with E-state index in [1.807, 2.05) is 40.7 Å². The van der Waals surface area contributed by atoms with Crippen molar-refractivity contribution in [1.82, 2.24) is 4.98 Å². The summed E-state index contributed by atoms with van der Waals surface area (Å²) in [5.41, 5.74) is 6.93. The van der Waals surface area contributed by atoms with Crippen LogP contribution in [-0.4, -0.2) is 23.3 Å². The number of pyridine rings is 1. The van der Waals surface area contributed by atoms with Crippen molar-refractivity contribution in [2.24, 2.45) is 5.73 Å². The van der Waals surface area contributed by atoms with Crippen LogP contribution >= 0.6 is 0 Å². The molecule has 1 fully saturated rings. The van der Waals surface area contributed by atoms with Gasteiger partial charge >= 0.3 is 7.12 Å². The summed E-state index contributed by atoms with van der Waals surface area (Å²) in [6.07, 6.45) is 1.59. The van der Waals surface area contributed by atoms with Crippen molar-refractivity contribution in [3.63, 3.8) is 0 Å². The molecule has 5 nitrogen and oxygen atoms in total. The highest BCUT2D eigenvalue weighted by Gasteiger charge is 2.52. The van der Waals surface area contributed by atoms with Crippen LogP contribution in [0, 0.1) is 11.3 Å². The number of aromatic nitrogens is 1. The summed E-state index contributed by atoms with van der Waals surface area (Å²) < 4.78 is 12.1. The highest BCUT2D eigenvalue weighted by Crippen LogP contribution is 2.37. The fourth-order valence-corrected chi connectivity index (χ4v) is 2.23. The molecular weight excluding hydrogens is 253 g/mol. The van der Waals surface area contributed by atoms with Gasteiger partial charge in [-0.3, -0.25) is 0 Å². The van der Waals surface area contributed by atoms with Gasteiger partial charge in [-0.25, -0.2) is 4.98 Å². The molecule has 0 bridgehead atoms. The highest BCUT2D eigenvalue weighted by molar-refractivity contribution is 6.62. The molecule has 20 heavy (non-hydrogen) atoms. The molecule has 1 saturated heterocycles. The molecule has 0 aromatic carbocycles. The Labute approximate surface area is 120 Å². The maximum absolute atomic E-state index is 9.19. The molecule has 1 aliphatic heterocycles. The van der Waals surface area contributed by atoms with Crippen molar-refractivity contribution in [3.8, 4) is 6.07 Å². The smallest absolute Gasteiger partial charge is 0.399 e. The van der Waals surface area contributed by atoms with Crippen LogP contribution in [0.25, 0.3) is 0 Å². The molecule has 0 spiro atoms. The molecule has 2 heterocycles. The van der Waals surface area contributed by atoms with E-state index in [-0.39, 0.29) is 6.04 Å². The molecule has 1 atom stereocenters. The quantitative estimate of drug-likeness (QED) is 0.821. The van der Waals surface area contributed by atoms with Crippen LogP contribution < -0.4 is 11.2 Å². The zero-order chi connectivity index (χ0) is 15.1. The van der Waals surface area contributed by atoms with Gasteiger partial charge in [0.1, 0.15) is 11.8 Å². The number of nitrogens with two attached hydrogens (primary N) is 1. The Morgan fingerprint density at radius 1 is 1.30 bits per heavy atom. The lowest BCUT2D eigenvalue weighted by Gasteiger charge is -2.32. The second-order valence-electron chi connectivity index (χ2n) is 6.15. The first-order valence-electron chi connectivity index (χ1n) is 6.70. The summed E-state index contributed by atoms with van der Waals surface area (Å²) >= 11 is 0. The van der Waals surface area contributed by atoms with Gasteiger partial charge < -0.3 is 15.0 Å². The molecule has 1 aromatic heterocycles. The van der Waals surface area contributed by atoms with Crippen molar-refractivity contribution in [3.05, 3.63) is 23.5 Å². The lowest BCUT2D eigenvalue weighted by atomic mass is 9.74. The summed E-state index contributed by atoms with van der Waals surface area (Å²) in [6.45, 7) is 9.79. The van der Waals surface area contributed by atoms with E-state index in [0.29, 0.717) is 11.3 Å². The standard InChI is InChI=1S/C14H20BN3O2/c1-9(17)12-10(6-7-18-11(12)8-16)15-19-13(2,3)14(4,5)20-15/h6-7,9H,17H2,1-5H3. The van der Waals surface area contributed by atoms with Crippen LogP contribution in [0.3, 0.4) is 0 Å². The number of nitrogens with zero attached hydrogens (tertiary/aromatic N) is 2. The topological polar surface area (TPSA) is 81.2 Å². The summed E-state index contributed by atoms with van der Waals surface area (Å²) in [4.78, 5) is 4.07. The van der Waals surface area contributed by atoms with Crippen LogP contribution in [0.15, 0.2) is 12.3 Å². The number of hydrogen-bond acceptors (Lipinski definition) is 5. The third-order valence-electron chi connectivity index (χ3n) is 4.09. The summed E-state index contributed by atoms with van der Waals surface area (Å²) in [7, 11) is -0.531. The van der Waals surface area contributed by atoms with Gasteiger partial charge in [0.05, 0.1) is 11.2 Å². The molecule has 0 saturated carbocycles. The van der Waals surface area contributed by atoms with E-state index in [1.54, 1.807) is 6.20 Å². The first-order valence-corrected chi connectivity index (χ1v) is 6.70. The van der Waals surface area contributed by atoms with Gasteiger partial charge in [0, 0.05) is 17.8 Å². The fourth-order valence-electron chi connectivity index (χ4n) is 2.23. The second-order valence-corrected chi connectivity index (χ2v) is 6.15. The molecule has 0 aliphatic carbocycles. The number of rotatable bonds is 2. The van der Waals surface area contributed by atoms with Crippen LogP contribution in [0.4, 0.5) is 0 Å². The predicted octanol–water partition coefficient (Wildman–Crippen LogP) is 1.27. The molecule has 1 aliphatic rings. The Hall–Kier alpha value is -1.42. The molecule has 6 heteroatoms. The van der Waals surface area contributed by atoms with E-state index >= 15 is 0 Å². The maximum atomic E-state index is 9.19. The summed E-state index contributed by atoms with van der Waals surface area (Å²) in [5, 5.41) is 9.19. The van der Waals surface area contributed by atoms with E-state index in [2.05, 4.69) is 11.1 Å². The molecule has 2 N–H and O–H groups in total. The molecule has 0 amide bonds. The van der Waals surface area contributed by atoms with Crippen molar-refractivity contribution < 1.29 is 9.31 Å². The average Bonchev–Trinajstić information content (AvgIpc) is 2.57. The lowest BCUT2D eigenvalue weighted by Crippen LogP contribution is -2.41. The van der Waals surface area contributed by atoms with Gasteiger partial charge in [-0.15, -0.1) is 0 Å². The second kappa shape index (κ2) is 4.85. The van der Waals surface area contributed by atoms with E-state index < -0.39 is 18.3 Å². The SMILES string of the molecule is CC(N)c1c(B2OC(C)(C)C(C)(C)O2)ccnc1C#N. The van der Waals surface area contributed by atoms with Crippen LogP contribution in [-0.2, 0) is 9.31 Å². The van der Waals surface area contributed by atoms with Gasteiger partial charge in [0.25, 0.3) is 0 Å². The van der Waals surface area contributed by atoms with Gasteiger partial charge in [0.15, 0.2) is 0 Å². The zero-order valence-corrected chi connectivity index (χ0v) is 12.6. The molecule has 2 rings (SSSR count). The molecular formula is C14H20BN3O2. The van der Waals surface area contributed by atoms with Crippen LogP contribution in [0.5, 0.6) is 0 Å². The van der Waals surface area contributed by atoms with E-state index in [0.717, 1.165) is 5.46 Å². The van der Waals surface area contributed by atoms with Crippen LogP contribution in [0.2, 0.25) is 0 Å². The van der Waals surface area contributed by atoms with E-state index in [1.165, 1.54) is 0 Å². The summed E-state index contributed by atoms with van der Waals surface area (Å²) in [6, 6.07) is 3.57. The first kappa shape index (κ1) is 15.0. The molecule has 106 valence electrons. The third kappa shape index (κ3) is 2.33. The van der Waals surface area contributed by atoms with Crippen molar-refractivity contribution in [2.45, 2.75) is 51.9 Å². The minimum Gasteiger partial charge on any atom is -0.399 e. The largest absolute Gasteiger partial charge is 0.495 e. The number of nitriles is 1. The molecule has 1 unspecified atom stereocenters. The Kier molecular flexibility index (Phi) is 3.63. The maximum Gasteiger partial charge on any atom is 0.495 e.